The number of halogens is 1. The lowest BCUT2D eigenvalue weighted by molar-refractivity contribution is -0.116. The molecule has 2 aromatic carbocycles. The Morgan fingerprint density at radius 2 is 1.77 bits per heavy atom. The molecular weight excluding hydrogens is 385 g/mol. The number of methoxy groups -OCH3 is 1. The van der Waals surface area contributed by atoms with Gasteiger partial charge >= 0.3 is 5.97 Å². The van der Waals surface area contributed by atoms with E-state index in [9.17, 15) is 14.0 Å². The number of hydrogen-bond donors (Lipinski definition) is 1. The van der Waals surface area contributed by atoms with Crippen LogP contribution in [0.4, 0.5) is 4.39 Å². The number of amides is 1. The fraction of sp³-hybridized carbons (Fsp3) is 0.174. The van der Waals surface area contributed by atoms with E-state index in [1.54, 1.807) is 47.2 Å². The van der Waals surface area contributed by atoms with Crippen LogP contribution in [0.5, 0.6) is 0 Å². The summed E-state index contributed by atoms with van der Waals surface area (Å²) in [5.41, 5.74) is 4.51. The maximum atomic E-state index is 13.2. The molecule has 1 amide bonds. The number of hydrogen-bond acceptors (Lipinski definition) is 4. The van der Waals surface area contributed by atoms with Gasteiger partial charge in [0.1, 0.15) is 5.82 Å². The SMILES string of the molecule is COC(=O)c1ccc(CNC(=O)/C=C/c2c(C)nn(-c3ccc(F)cc3)c2C)cc1. The Hall–Kier alpha value is -3.74. The smallest absolute Gasteiger partial charge is 0.337 e. The van der Waals surface area contributed by atoms with Crippen LogP contribution >= 0.6 is 0 Å². The number of benzene rings is 2. The van der Waals surface area contributed by atoms with Gasteiger partial charge in [-0.1, -0.05) is 12.1 Å². The number of esters is 1. The number of carbonyl (C=O) groups excluding carboxylic acids is 2. The molecule has 3 aromatic rings. The van der Waals surface area contributed by atoms with Gasteiger partial charge in [-0.3, -0.25) is 4.79 Å². The molecule has 30 heavy (non-hydrogen) atoms. The van der Waals surface area contributed by atoms with Crippen LogP contribution in [0, 0.1) is 19.7 Å². The second-order valence-electron chi connectivity index (χ2n) is 6.71. The van der Waals surface area contributed by atoms with Crippen molar-refractivity contribution in [1.29, 1.82) is 0 Å². The first kappa shape index (κ1) is 21.0. The first-order valence-electron chi connectivity index (χ1n) is 9.34. The highest BCUT2D eigenvalue weighted by Gasteiger charge is 2.11. The topological polar surface area (TPSA) is 73.2 Å². The van der Waals surface area contributed by atoms with Gasteiger partial charge in [-0.15, -0.1) is 0 Å². The van der Waals surface area contributed by atoms with E-state index in [4.69, 9.17) is 0 Å². The summed E-state index contributed by atoms with van der Waals surface area (Å²) in [5.74, 6) is -0.960. The second kappa shape index (κ2) is 9.17. The summed E-state index contributed by atoms with van der Waals surface area (Å²) in [6.07, 6.45) is 3.17. The van der Waals surface area contributed by atoms with Gasteiger partial charge in [-0.25, -0.2) is 13.9 Å². The zero-order valence-corrected chi connectivity index (χ0v) is 17.0. The number of nitrogens with zero attached hydrogens (tertiary/aromatic N) is 2. The van der Waals surface area contributed by atoms with Crippen molar-refractivity contribution in [3.63, 3.8) is 0 Å². The fourth-order valence-corrected chi connectivity index (χ4v) is 3.01. The summed E-state index contributed by atoms with van der Waals surface area (Å²) < 4.78 is 19.5. The van der Waals surface area contributed by atoms with Crippen molar-refractivity contribution in [1.82, 2.24) is 15.1 Å². The third-order valence-electron chi connectivity index (χ3n) is 4.66. The Morgan fingerprint density at radius 1 is 1.10 bits per heavy atom. The summed E-state index contributed by atoms with van der Waals surface area (Å²) in [5, 5.41) is 7.29. The van der Waals surface area contributed by atoms with Crippen molar-refractivity contribution in [2.24, 2.45) is 0 Å². The first-order chi connectivity index (χ1) is 14.4. The molecule has 0 atom stereocenters. The standard InChI is InChI=1S/C23H22FN3O3/c1-15-21(16(2)27(26-15)20-10-8-19(24)9-11-20)12-13-22(28)25-14-17-4-6-18(7-5-17)23(29)30-3/h4-13H,14H2,1-3H3,(H,25,28)/b13-12+. The van der Waals surface area contributed by atoms with Gasteiger partial charge in [-0.05, 0) is 61.9 Å². The number of aromatic nitrogens is 2. The van der Waals surface area contributed by atoms with Crippen LogP contribution in [0.2, 0.25) is 0 Å². The molecule has 0 saturated carbocycles. The number of rotatable bonds is 6. The monoisotopic (exact) mass is 407 g/mol. The van der Waals surface area contributed by atoms with Crippen molar-refractivity contribution in [3.8, 4) is 5.69 Å². The van der Waals surface area contributed by atoms with Gasteiger partial charge in [-0.2, -0.15) is 5.10 Å². The normalized spacial score (nSPS) is 10.9. The molecule has 0 saturated heterocycles. The summed E-state index contributed by atoms with van der Waals surface area (Å²) in [6, 6.07) is 12.9. The predicted octanol–water partition coefficient (Wildman–Crippen LogP) is 3.74. The highest BCUT2D eigenvalue weighted by Crippen LogP contribution is 2.19. The highest BCUT2D eigenvalue weighted by molar-refractivity contribution is 5.92. The van der Waals surface area contributed by atoms with Gasteiger partial charge < -0.3 is 10.1 Å². The van der Waals surface area contributed by atoms with Crippen molar-refractivity contribution in [3.05, 3.63) is 88.5 Å². The lowest BCUT2D eigenvalue weighted by Gasteiger charge is -2.05. The molecule has 3 rings (SSSR count). The third kappa shape index (κ3) is 4.81. The molecule has 154 valence electrons. The molecule has 0 unspecified atom stereocenters. The van der Waals surface area contributed by atoms with Gasteiger partial charge in [0.25, 0.3) is 0 Å². The molecule has 0 spiro atoms. The van der Waals surface area contributed by atoms with E-state index in [-0.39, 0.29) is 11.7 Å². The van der Waals surface area contributed by atoms with Crippen molar-refractivity contribution in [2.75, 3.05) is 7.11 Å². The Kier molecular flexibility index (Phi) is 6.41. The molecule has 0 aliphatic rings. The summed E-state index contributed by atoms with van der Waals surface area (Å²) in [7, 11) is 1.33. The van der Waals surface area contributed by atoms with Crippen molar-refractivity contribution >= 4 is 18.0 Å². The molecule has 1 N–H and O–H groups in total. The van der Waals surface area contributed by atoms with E-state index in [0.717, 1.165) is 28.2 Å². The number of aryl methyl sites for hydroxylation is 1. The first-order valence-corrected chi connectivity index (χ1v) is 9.34. The van der Waals surface area contributed by atoms with E-state index in [1.807, 2.05) is 13.8 Å². The van der Waals surface area contributed by atoms with E-state index in [0.29, 0.717) is 12.1 Å². The summed E-state index contributed by atoms with van der Waals surface area (Å²) in [6.45, 7) is 4.08. The molecule has 7 heteroatoms. The quantitative estimate of drug-likeness (QED) is 0.499. The zero-order chi connectivity index (χ0) is 21.7. The Morgan fingerprint density at radius 3 is 2.40 bits per heavy atom. The van der Waals surface area contributed by atoms with Crippen LogP contribution in [0.15, 0.2) is 54.6 Å². The average molecular weight is 407 g/mol. The van der Waals surface area contributed by atoms with E-state index >= 15 is 0 Å². The molecule has 0 aliphatic carbocycles. The van der Waals surface area contributed by atoms with Gasteiger partial charge in [0.2, 0.25) is 5.91 Å². The average Bonchev–Trinajstić information content (AvgIpc) is 3.04. The molecule has 1 heterocycles. The van der Waals surface area contributed by atoms with Crippen LogP contribution in [-0.4, -0.2) is 28.8 Å². The Labute approximate surface area is 174 Å². The molecule has 1 aromatic heterocycles. The molecule has 0 aliphatic heterocycles. The summed E-state index contributed by atoms with van der Waals surface area (Å²) in [4.78, 5) is 23.7. The Balaban J connectivity index is 1.65. The van der Waals surface area contributed by atoms with Gasteiger partial charge in [0, 0.05) is 23.9 Å². The highest BCUT2D eigenvalue weighted by atomic mass is 19.1. The van der Waals surface area contributed by atoms with Crippen molar-refractivity contribution in [2.45, 2.75) is 20.4 Å². The van der Waals surface area contributed by atoms with Gasteiger partial charge in [0.15, 0.2) is 0 Å². The minimum absolute atomic E-state index is 0.250. The van der Waals surface area contributed by atoms with E-state index in [1.165, 1.54) is 25.3 Å². The largest absolute Gasteiger partial charge is 0.465 e. The minimum Gasteiger partial charge on any atom is -0.465 e. The predicted molar refractivity (Wildman–Crippen MR) is 112 cm³/mol. The van der Waals surface area contributed by atoms with Crippen LogP contribution in [0.25, 0.3) is 11.8 Å². The third-order valence-corrected chi connectivity index (χ3v) is 4.66. The minimum atomic E-state index is -0.402. The van der Waals surface area contributed by atoms with Crippen LogP contribution in [0.3, 0.4) is 0 Å². The second-order valence-corrected chi connectivity index (χ2v) is 6.71. The fourth-order valence-electron chi connectivity index (χ4n) is 3.01. The van der Waals surface area contributed by atoms with Crippen LogP contribution in [-0.2, 0) is 16.1 Å². The maximum absolute atomic E-state index is 13.2. The molecule has 0 bridgehead atoms. The summed E-state index contributed by atoms with van der Waals surface area (Å²) >= 11 is 0. The van der Waals surface area contributed by atoms with Gasteiger partial charge in [0.05, 0.1) is 24.1 Å². The number of nitrogens with one attached hydrogen (secondary N) is 1. The number of ether oxygens (including phenoxy) is 1. The van der Waals surface area contributed by atoms with Crippen LogP contribution in [0.1, 0.15) is 32.9 Å². The van der Waals surface area contributed by atoms with Crippen LogP contribution < -0.4 is 5.32 Å². The lowest BCUT2D eigenvalue weighted by Crippen LogP contribution is -2.20. The van der Waals surface area contributed by atoms with Crippen molar-refractivity contribution < 1.29 is 18.7 Å². The van der Waals surface area contributed by atoms with E-state index in [2.05, 4.69) is 15.2 Å². The lowest BCUT2D eigenvalue weighted by atomic mass is 10.1. The van der Waals surface area contributed by atoms with E-state index < -0.39 is 5.97 Å². The molecule has 6 nitrogen and oxygen atoms in total. The number of carbonyl (C=O) groups is 2. The molecular formula is C23H22FN3O3. The Bertz CT molecular complexity index is 1080. The molecule has 0 radical (unpaired) electrons. The zero-order valence-electron chi connectivity index (χ0n) is 17.0. The molecule has 0 fully saturated rings. The maximum Gasteiger partial charge on any atom is 0.337 e.